The molecular weight excluding hydrogens is 378 g/mol. The molecule has 1 aromatic heterocycles. The van der Waals surface area contributed by atoms with Crippen LogP contribution in [-0.4, -0.2) is 77.1 Å². The predicted molar refractivity (Wildman–Crippen MR) is 116 cm³/mol. The number of likely N-dealkylation sites (N-methyl/N-ethyl adjacent to an activating group) is 1. The van der Waals surface area contributed by atoms with Crippen LogP contribution in [0.2, 0.25) is 0 Å². The van der Waals surface area contributed by atoms with Gasteiger partial charge in [-0.05, 0) is 50.6 Å². The van der Waals surface area contributed by atoms with Crippen LogP contribution in [-0.2, 0) is 4.79 Å². The molecule has 2 aliphatic heterocycles. The maximum atomic E-state index is 12.5. The normalized spacial score (nSPS) is 26.0. The number of carbonyl (C=O) groups excluding carboxylic acids is 1. The number of likely N-dealkylation sites (tertiary alicyclic amines) is 2. The summed E-state index contributed by atoms with van der Waals surface area (Å²) in [5.74, 6) is 1.74. The van der Waals surface area contributed by atoms with E-state index >= 15 is 0 Å². The van der Waals surface area contributed by atoms with Crippen molar-refractivity contribution in [3.8, 4) is 0 Å². The SMILES string of the molecule is CC(C)c1nnc(C2CC3(CCN(C4CCCCC4)CC3)CN2CC(=O)N(C)C)o1. The Morgan fingerprint density at radius 2 is 1.87 bits per heavy atom. The summed E-state index contributed by atoms with van der Waals surface area (Å²) in [7, 11) is 3.66. The van der Waals surface area contributed by atoms with Crippen LogP contribution < -0.4 is 0 Å². The molecule has 0 radical (unpaired) electrons. The highest BCUT2D eigenvalue weighted by Crippen LogP contribution is 2.49. The third-order valence-corrected chi connectivity index (χ3v) is 7.63. The van der Waals surface area contributed by atoms with Gasteiger partial charge in [-0.3, -0.25) is 9.69 Å². The molecule has 7 nitrogen and oxygen atoms in total. The smallest absolute Gasteiger partial charge is 0.236 e. The molecule has 0 bridgehead atoms. The molecule has 1 unspecified atom stereocenters. The number of carbonyl (C=O) groups is 1. The molecule has 168 valence electrons. The fourth-order valence-corrected chi connectivity index (χ4v) is 5.66. The van der Waals surface area contributed by atoms with Crippen LogP contribution in [0.4, 0.5) is 0 Å². The van der Waals surface area contributed by atoms with E-state index in [1.54, 1.807) is 4.90 Å². The first kappa shape index (κ1) is 21.8. The molecule has 1 aromatic rings. The summed E-state index contributed by atoms with van der Waals surface area (Å²) >= 11 is 0. The molecule has 1 saturated carbocycles. The third kappa shape index (κ3) is 4.57. The average molecular weight is 418 g/mol. The van der Waals surface area contributed by atoms with Gasteiger partial charge >= 0.3 is 0 Å². The Morgan fingerprint density at radius 3 is 2.47 bits per heavy atom. The summed E-state index contributed by atoms with van der Waals surface area (Å²) < 4.78 is 6.05. The second-order valence-corrected chi connectivity index (χ2v) is 10.4. The molecule has 0 N–H and O–H groups in total. The minimum absolute atomic E-state index is 0.0510. The molecule has 1 spiro atoms. The first-order valence-electron chi connectivity index (χ1n) is 11.9. The number of amides is 1. The lowest BCUT2D eigenvalue weighted by Crippen LogP contribution is -2.47. The monoisotopic (exact) mass is 417 g/mol. The van der Waals surface area contributed by atoms with Crippen LogP contribution in [0.3, 0.4) is 0 Å². The van der Waals surface area contributed by atoms with Crippen molar-refractivity contribution in [1.29, 1.82) is 0 Å². The Labute approximate surface area is 181 Å². The summed E-state index contributed by atoms with van der Waals surface area (Å²) in [5.41, 5.74) is 0.259. The van der Waals surface area contributed by atoms with Gasteiger partial charge in [0.1, 0.15) is 0 Å². The average Bonchev–Trinajstić information content (AvgIpc) is 3.35. The van der Waals surface area contributed by atoms with E-state index in [0.29, 0.717) is 18.3 Å². The van der Waals surface area contributed by atoms with Gasteiger partial charge in [0.15, 0.2) is 0 Å². The Balaban J connectivity index is 1.47. The fourth-order valence-electron chi connectivity index (χ4n) is 5.66. The molecule has 3 heterocycles. The second-order valence-electron chi connectivity index (χ2n) is 10.4. The lowest BCUT2D eigenvalue weighted by molar-refractivity contribution is -0.130. The van der Waals surface area contributed by atoms with Crippen molar-refractivity contribution in [3.05, 3.63) is 11.8 Å². The summed E-state index contributed by atoms with van der Waals surface area (Å²) in [6, 6.07) is 0.847. The number of aromatic nitrogens is 2. The van der Waals surface area contributed by atoms with Crippen LogP contribution in [0.15, 0.2) is 4.42 Å². The van der Waals surface area contributed by atoms with Crippen molar-refractivity contribution in [1.82, 2.24) is 24.9 Å². The van der Waals surface area contributed by atoms with E-state index in [1.165, 1.54) is 58.0 Å². The molecule has 1 atom stereocenters. The Kier molecular flexibility index (Phi) is 6.49. The Bertz CT molecular complexity index is 717. The van der Waals surface area contributed by atoms with Crippen molar-refractivity contribution in [2.45, 2.75) is 83.2 Å². The van der Waals surface area contributed by atoms with Gasteiger partial charge in [0, 0.05) is 32.6 Å². The van der Waals surface area contributed by atoms with E-state index in [-0.39, 0.29) is 23.3 Å². The zero-order valence-electron chi connectivity index (χ0n) is 19.3. The number of piperidine rings is 1. The molecule has 3 aliphatic rings. The van der Waals surface area contributed by atoms with Crippen molar-refractivity contribution >= 4 is 5.91 Å². The molecule has 2 saturated heterocycles. The number of hydrogen-bond donors (Lipinski definition) is 0. The first-order valence-corrected chi connectivity index (χ1v) is 11.9. The second kappa shape index (κ2) is 8.95. The van der Waals surface area contributed by atoms with Crippen LogP contribution in [0, 0.1) is 5.41 Å². The number of nitrogens with zero attached hydrogens (tertiary/aromatic N) is 5. The van der Waals surface area contributed by atoms with Crippen LogP contribution in [0.5, 0.6) is 0 Å². The molecule has 3 fully saturated rings. The van der Waals surface area contributed by atoms with Crippen LogP contribution in [0.25, 0.3) is 0 Å². The van der Waals surface area contributed by atoms with Gasteiger partial charge in [0.05, 0.1) is 12.6 Å². The van der Waals surface area contributed by atoms with E-state index < -0.39 is 0 Å². The maximum absolute atomic E-state index is 12.5. The highest BCUT2D eigenvalue weighted by atomic mass is 16.4. The largest absolute Gasteiger partial charge is 0.423 e. The Morgan fingerprint density at radius 1 is 1.17 bits per heavy atom. The molecule has 0 aromatic carbocycles. The zero-order valence-corrected chi connectivity index (χ0v) is 19.3. The van der Waals surface area contributed by atoms with Crippen molar-refractivity contribution in [2.24, 2.45) is 5.41 Å². The Hall–Kier alpha value is -1.47. The van der Waals surface area contributed by atoms with Gasteiger partial charge in [-0.15, -0.1) is 10.2 Å². The molecule has 4 rings (SSSR count). The fraction of sp³-hybridized carbons (Fsp3) is 0.870. The first-order chi connectivity index (χ1) is 14.4. The van der Waals surface area contributed by atoms with E-state index in [1.807, 2.05) is 14.1 Å². The predicted octanol–water partition coefficient (Wildman–Crippen LogP) is 3.44. The molecule has 30 heavy (non-hydrogen) atoms. The minimum atomic E-state index is 0.0510. The van der Waals surface area contributed by atoms with Gasteiger partial charge in [0.25, 0.3) is 0 Å². The third-order valence-electron chi connectivity index (χ3n) is 7.63. The number of hydrogen-bond acceptors (Lipinski definition) is 6. The van der Waals surface area contributed by atoms with E-state index in [4.69, 9.17) is 4.42 Å². The summed E-state index contributed by atoms with van der Waals surface area (Å²) in [6.45, 7) is 7.89. The van der Waals surface area contributed by atoms with E-state index in [0.717, 1.165) is 19.0 Å². The number of rotatable bonds is 5. The summed E-state index contributed by atoms with van der Waals surface area (Å²) in [5, 5.41) is 8.66. The highest BCUT2D eigenvalue weighted by Gasteiger charge is 2.48. The van der Waals surface area contributed by atoms with Crippen molar-refractivity contribution in [3.63, 3.8) is 0 Å². The van der Waals surface area contributed by atoms with Gasteiger partial charge in [-0.1, -0.05) is 33.1 Å². The quantitative estimate of drug-likeness (QED) is 0.731. The standard InChI is InChI=1S/C23H39N5O2/c1-17(2)21-24-25-22(30-21)19-14-23(16-28(19)15-20(29)26(3)4)10-12-27(13-11-23)18-8-6-5-7-9-18/h17-19H,5-16H2,1-4H3. The van der Waals surface area contributed by atoms with Gasteiger partial charge in [-0.2, -0.15) is 0 Å². The molecule has 7 heteroatoms. The summed E-state index contributed by atoms with van der Waals surface area (Å²) in [4.78, 5) is 19.3. The zero-order chi connectivity index (χ0) is 21.3. The van der Waals surface area contributed by atoms with E-state index in [9.17, 15) is 4.79 Å². The molecule has 1 aliphatic carbocycles. The van der Waals surface area contributed by atoms with Gasteiger partial charge in [-0.25, -0.2) is 0 Å². The lowest BCUT2D eigenvalue weighted by Gasteiger charge is -2.43. The topological polar surface area (TPSA) is 65.7 Å². The summed E-state index contributed by atoms with van der Waals surface area (Å²) in [6.07, 6.45) is 10.4. The van der Waals surface area contributed by atoms with Crippen LogP contribution in [0.1, 0.15) is 89.0 Å². The van der Waals surface area contributed by atoms with E-state index in [2.05, 4.69) is 33.8 Å². The van der Waals surface area contributed by atoms with Gasteiger partial charge in [0.2, 0.25) is 17.7 Å². The maximum Gasteiger partial charge on any atom is 0.236 e. The van der Waals surface area contributed by atoms with Crippen molar-refractivity contribution < 1.29 is 9.21 Å². The molecular formula is C23H39N5O2. The van der Waals surface area contributed by atoms with Gasteiger partial charge < -0.3 is 14.2 Å². The minimum Gasteiger partial charge on any atom is -0.423 e. The lowest BCUT2D eigenvalue weighted by atomic mass is 9.76. The van der Waals surface area contributed by atoms with Crippen molar-refractivity contribution in [2.75, 3.05) is 40.3 Å². The van der Waals surface area contributed by atoms with Crippen LogP contribution >= 0.6 is 0 Å². The molecule has 1 amide bonds. The highest BCUT2D eigenvalue weighted by molar-refractivity contribution is 5.77.